The summed E-state index contributed by atoms with van der Waals surface area (Å²) in [5, 5.41) is 10.6. The molecule has 3 unspecified atom stereocenters. The minimum Gasteiger partial charge on any atom is -0.462 e. The molecule has 0 rings (SSSR count). The first-order chi connectivity index (χ1) is 46.9. The number of phosphoric acid groups is 2. The van der Waals surface area contributed by atoms with Gasteiger partial charge in [-0.25, -0.2) is 9.13 Å². The maximum atomic E-state index is 13.1. The van der Waals surface area contributed by atoms with Gasteiger partial charge in [-0.05, 0) is 37.5 Å². The number of aliphatic hydroxyl groups is 1. The van der Waals surface area contributed by atoms with Crippen molar-refractivity contribution < 1.29 is 80.2 Å². The van der Waals surface area contributed by atoms with Crippen LogP contribution in [0.3, 0.4) is 0 Å². The van der Waals surface area contributed by atoms with E-state index in [0.717, 1.165) is 108 Å². The van der Waals surface area contributed by atoms with Crippen LogP contribution in [0.15, 0.2) is 0 Å². The Labute approximate surface area is 594 Å². The van der Waals surface area contributed by atoms with Gasteiger partial charge >= 0.3 is 39.5 Å². The molecule has 0 amide bonds. The monoisotopic (exact) mass is 1420 g/mol. The van der Waals surface area contributed by atoms with Gasteiger partial charge in [0.25, 0.3) is 0 Å². The average Bonchev–Trinajstić information content (AvgIpc) is 1.08. The minimum absolute atomic E-state index is 0.106. The number of phosphoric ester groups is 2. The lowest BCUT2D eigenvalue weighted by molar-refractivity contribution is -0.161. The van der Waals surface area contributed by atoms with Gasteiger partial charge in [0.1, 0.15) is 19.3 Å². The number of hydrogen-bond donors (Lipinski definition) is 3. The van der Waals surface area contributed by atoms with Crippen molar-refractivity contribution >= 4 is 39.5 Å². The summed E-state index contributed by atoms with van der Waals surface area (Å²) in [5.74, 6) is -0.509. The highest BCUT2D eigenvalue weighted by atomic mass is 31.2. The summed E-state index contributed by atoms with van der Waals surface area (Å²) in [6.45, 7) is 9.64. The van der Waals surface area contributed by atoms with Gasteiger partial charge in [-0.2, -0.15) is 0 Å². The molecule has 0 aliphatic carbocycles. The number of unbranched alkanes of at least 4 members (excludes halogenated alkanes) is 46. The third-order valence-corrected chi connectivity index (χ3v) is 20.5. The number of aliphatic hydroxyl groups excluding tert-OH is 1. The van der Waals surface area contributed by atoms with Gasteiger partial charge in [-0.15, -0.1) is 0 Å². The van der Waals surface area contributed by atoms with E-state index in [1.54, 1.807) is 0 Å². The van der Waals surface area contributed by atoms with E-state index in [9.17, 15) is 43.2 Å². The van der Waals surface area contributed by atoms with Crippen molar-refractivity contribution in [2.75, 3.05) is 39.6 Å². The molecule has 0 aromatic heterocycles. The number of carbonyl (C=O) groups excluding carboxylic acids is 4. The summed E-state index contributed by atoms with van der Waals surface area (Å²) in [5.41, 5.74) is 0. The zero-order valence-corrected chi connectivity index (χ0v) is 65.2. The summed E-state index contributed by atoms with van der Waals surface area (Å²) in [6, 6.07) is 0. The van der Waals surface area contributed by atoms with Crippen LogP contribution in [0.25, 0.3) is 0 Å². The second kappa shape index (κ2) is 69.8. The molecule has 19 heteroatoms. The Kier molecular flexibility index (Phi) is 68.4. The highest BCUT2D eigenvalue weighted by Gasteiger charge is 2.30. The average molecular weight is 1420 g/mol. The van der Waals surface area contributed by atoms with Crippen molar-refractivity contribution in [3.05, 3.63) is 0 Å². The maximum absolute atomic E-state index is 13.1. The Morgan fingerprint density at radius 3 is 0.784 bits per heavy atom. The quantitative estimate of drug-likeness (QED) is 0.0222. The predicted molar refractivity (Wildman–Crippen MR) is 395 cm³/mol. The van der Waals surface area contributed by atoms with Gasteiger partial charge in [0.05, 0.1) is 26.4 Å². The van der Waals surface area contributed by atoms with E-state index >= 15 is 0 Å². The number of carbonyl (C=O) groups is 4. The maximum Gasteiger partial charge on any atom is 0.472 e. The Morgan fingerprint density at radius 2 is 0.526 bits per heavy atom. The van der Waals surface area contributed by atoms with Crippen LogP contribution < -0.4 is 0 Å². The lowest BCUT2D eigenvalue weighted by Crippen LogP contribution is -2.30. The summed E-state index contributed by atoms with van der Waals surface area (Å²) in [6.07, 6.45) is 58.2. The molecule has 0 radical (unpaired) electrons. The van der Waals surface area contributed by atoms with Crippen molar-refractivity contribution in [2.24, 2.45) is 11.8 Å². The Bertz CT molecular complexity index is 1870. The Balaban J connectivity index is 5.22. The van der Waals surface area contributed by atoms with Crippen LogP contribution in [0.1, 0.15) is 408 Å². The molecule has 0 spiro atoms. The number of hydrogen-bond acceptors (Lipinski definition) is 15. The van der Waals surface area contributed by atoms with E-state index in [4.69, 9.17) is 37.0 Å². The minimum atomic E-state index is -4.96. The topological polar surface area (TPSA) is 237 Å². The molecule has 0 aromatic rings. The van der Waals surface area contributed by atoms with E-state index in [-0.39, 0.29) is 25.7 Å². The van der Waals surface area contributed by atoms with Gasteiger partial charge < -0.3 is 33.8 Å². The van der Waals surface area contributed by atoms with Crippen LogP contribution >= 0.6 is 15.6 Å². The molecule has 97 heavy (non-hydrogen) atoms. The predicted octanol–water partition coefficient (Wildman–Crippen LogP) is 23.1. The fraction of sp³-hybridized carbons (Fsp3) is 0.949. The SMILES string of the molecule is CCCCCCCCCCCCCCCCCCCC(=O)OC[C@H](COP(=O)(O)OC[C@@H](O)COP(=O)(O)OC[C@@H](COC(=O)CCCCCCCCCC)OC(=O)CCCCCCCCCCCCC(C)CC)OC(=O)CCCCCCCCCCCCCCCCCC(C)C. The van der Waals surface area contributed by atoms with Crippen LogP contribution in [0.4, 0.5) is 0 Å². The van der Waals surface area contributed by atoms with Gasteiger partial charge in [-0.3, -0.25) is 37.3 Å². The van der Waals surface area contributed by atoms with Crippen molar-refractivity contribution in [1.82, 2.24) is 0 Å². The molecule has 0 aliphatic heterocycles. The third-order valence-electron chi connectivity index (χ3n) is 18.6. The Morgan fingerprint density at radius 1 is 0.299 bits per heavy atom. The van der Waals surface area contributed by atoms with Gasteiger partial charge in [-0.1, -0.05) is 356 Å². The van der Waals surface area contributed by atoms with Crippen molar-refractivity contribution in [1.29, 1.82) is 0 Å². The first kappa shape index (κ1) is 95.1. The second-order valence-electron chi connectivity index (χ2n) is 28.8. The first-order valence-corrected chi connectivity index (χ1v) is 43.5. The van der Waals surface area contributed by atoms with Crippen LogP contribution in [-0.2, 0) is 65.4 Å². The highest BCUT2D eigenvalue weighted by Crippen LogP contribution is 2.45. The third kappa shape index (κ3) is 70.9. The first-order valence-electron chi connectivity index (χ1n) is 40.5. The zero-order valence-electron chi connectivity index (χ0n) is 63.4. The smallest absolute Gasteiger partial charge is 0.462 e. The van der Waals surface area contributed by atoms with Crippen molar-refractivity contribution in [3.63, 3.8) is 0 Å². The molecule has 0 saturated carbocycles. The summed E-state index contributed by atoms with van der Waals surface area (Å²) in [7, 11) is -9.91. The molecule has 0 aromatic carbocycles. The van der Waals surface area contributed by atoms with Gasteiger partial charge in [0.15, 0.2) is 12.2 Å². The Hall–Kier alpha value is -1.94. The number of rotatable bonds is 77. The van der Waals surface area contributed by atoms with Crippen LogP contribution in [0.5, 0.6) is 0 Å². The zero-order chi connectivity index (χ0) is 71.4. The van der Waals surface area contributed by atoms with E-state index in [2.05, 4.69) is 41.5 Å². The summed E-state index contributed by atoms with van der Waals surface area (Å²) >= 11 is 0. The summed E-state index contributed by atoms with van der Waals surface area (Å²) < 4.78 is 68.6. The number of esters is 4. The van der Waals surface area contributed by atoms with Crippen LogP contribution in [0, 0.1) is 11.8 Å². The largest absolute Gasteiger partial charge is 0.472 e. The molecule has 6 atom stereocenters. The molecule has 576 valence electrons. The molecule has 0 bridgehead atoms. The van der Waals surface area contributed by atoms with Gasteiger partial charge in [0.2, 0.25) is 0 Å². The molecule has 17 nitrogen and oxygen atoms in total. The molecular formula is C78H152O17P2. The normalized spacial score (nSPS) is 14.2. The molecule has 0 aliphatic rings. The van der Waals surface area contributed by atoms with Crippen molar-refractivity contribution in [3.8, 4) is 0 Å². The van der Waals surface area contributed by atoms with E-state index in [0.29, 0.717) is 25.7 Å². The van der Waals surface area contributed by atoms with E-state index in [1.807, 2.05) is 0 Å². The fourth-order valence-corrected chi connectivity index (χ4v) is 13.6. The number of ether oxygens (including phenoxy) is 4. The van der Waals surface area contributed by atoms with Gasteiger partial charge in [0, 0.05) is 25.7 Å². The molecule has 0 heterocycles. The molecule has 0 saturated heterocycles. The lowest BCUT2D eigenvalue weighted by Gasteiger charge is -2.21. The molecule has 3 N–H and O–H groups in total. The van der Waals surface area contributed by atoms with E-state index in [1.165, 1.54) is 218 Å². The molecular weight excluding hydrogens is 1270 g/mol. The summed E-state index contributed by atoms with van der Waals surface area (Å²) in [4.78, 5) is 72.8. The van der Waals surface area contributed by atoms with Crippen molar-refractivity contribution in [2.45, 2.75) is 426 Å². The standard InChI is InChI=1S/C78H152O17P2/c1-7-10-12-14-16-18-19-20-21-22-25-28-31-37-43-49-55-61-76(81)89-67-74(95-77(82)62-56-50-44-38-32-29-26-23-24-27-30-35-40-46-52-58-70(4)5)69-93-97(86,87)91-65-72(79)64-90-96(84,85)92-68-73(66-88-75(80)60-54-48-42-17-15-13-11-8-2)94-78(83)63-57-51-45-39-34-33-36-41-47-53-59-71(6)9-3/h70-74,79H,7-69H2,1-6H3,(H,84,85)(H,86,87)/t71?,72-,73+,74+/m0/s1. The lowest BCUT2D eigenvalue weighted by atomic mass is 9.99. The fourth-order valence-electron chi connectivity index (χ4n) is 12.0. The van der Waals surface area contributed by atoms with E-state index < -0.39 is 97.5 Å². The van der Waals surface area contributed by atoms with Crippen LogP contribution in [0.2, 0.25) is 0 Å². The molecule has 0 fully saturated rings. The second-order valence-corrected chi connectivity index (χ2v) is 31.7. The van der Waals surface area contributed by atoms with Crippen LogP contribution in [-0.4, -0.2) is 96.7 Å². The highest BCUT2D eigenvalue weighted by molar-refractivity contribution is 7.47.